The van der Waals surface area contributed by atoms with E-state index in [4.69, 9.17) is 4.74 Å². The lowest BCUT2D eigenvalue weighted by Crippen LogP contribution is -2.42. The molecule has 0 bridgehead atoms. The summed E-state index contributed by atoms with van der Waals surface area (Å²) in [5.74, 6) is -0.917. The van der Waals surface area contributed by atoms with Crippen molar-refractivity contribution in [3.05, 3.63) is 35.4 Å². The summed E-state index contributed by atoms with van der Waals surface area (Å²) in [6, 6.07) is 6.43. The van der Waals surface area contributed by atoms with Gasteiger partial charge in [0.25, 0.3) is 5.91 Å². The van der Waals surface area contributed by atoms with E-state index in [2.05, 4.69) is 0 Å². The first-order valence-electron chi connectivity index (χ1n) is 7.35. The number of carboxylic acids is 1. The second-order valence-electron chi connectivity index (χ2n) is 6.58. The highest BCUT2D eigenvalue weighted by atomic mass is 19.1. The molecule has 3 fully saturated rings. The minimum atomic E-state index is -1.44. The molecular weight excluding hydrogens is 289 g/mol. The van der Waals surface area contributed by atoms with Gasteiger partial charge in [-0.3, -0.25) is 9.59 Å². The van der Waals surface area contributed by atoms with Crippen LogP contribution in [-0.2, 0) is 15.2 Å². The molecule has 3 aliphatic rings. The first-order chi connectivity index (χ1) is 10.4. The second kappa shape index (κ2) is 4.29. The van der Waals surface area contributed by atoms with Crippen LogP contribution in [0.3, 0.4) is 0 Å². The summed E-state index contributed by atoms with van der Waals surface area (Å²) in [5, 5.41) is 9.25. The Labute approximate surface area is 126 Å². The lowest BCUT2D eigenvalue weighted by molar-refractivity contribution is -0.143. The number of amides is 1. The molecule has 0 spiro atoms. The maximum absolute atomic E-state index is 14.2. The smallest absolute Gasteiger partial charge is 0.311 e. The van der Waals surface area contributed by atoms with Gasteiger partial charge in [0, 0.05) is 18.7 Å². The first kappa shape index (κ1) is 13.7. The van der Waals surface area contributed by atoms with E-state index in [1.54, 1.807) is 29.2 Å². The number of alkyl halides is 1. The van der Waals surface area contributed by atoms with Gasteiger partial charge in [0.1, 0.15) is 0 Å². The van der Waals surface area contributed by atoms with Crippen molar-refractivity contribution < 1.29 is 23.8 Å². The van der Waals surface area contributed by atoms with Crippen molar-refractivity contribution >= 4 is 11.9 Å². The predicted molar refractivity (Wildman–Crippen MR) is 74.1 cm³/mol. The van der Waals surface area contributed by atoms with E-state index in [-0.39, 0.29) is 31.6 Å². The number of rotatable bonds is 3. The Kier molecular flexibility index (Phi) is 2.67. The molecule has 2 heterocycles. The molecule has 2 aliphatic heterocycles. The molecule has 5 nitrogen and oxygen atoms in total. The molecule has 1 saturated carbocycles. The van der Waals surface area contributed by atoms with Gasteiger partial charge in [0.05, 0.1) is 18.6 Å². The number of likely N-dealkylation sites (tertiary alicyclic amines) is 1. The Morgan fingerprint density at radius 3 is 2.45 bits per heavy atom. The van der Waals surface area contributed by atoms with Crippen LogP contribution in [0, 0.1) is 11.3 Å². The predicted octanol–water partition coefficient (Wildman–Crippen LogP) is 1.43. The van der Waals surface area contributed by atoms with Gasteiger partial charge in [-0.05, 0) is 30.0 Å². The first-order valence-corrected chi connectivity index (χ1v) is 7.35. The number of fused-ring (bicyclic) bond motifs is 1. The van der Waals surface area contributed by atoms with Crippen LogP contribution in [0.25, 0.3) is 0 Å². The van der Waals surface area contributed by atoms with Gasteiger partial charge in [-0.2, -0.15) is 0 Å². The fourth-order valence-electron chi connectivity index (χ4n) is 3.51. The molecule has 1 N–H and O–H groups in total. The van der Waals surface area contributed by atoms with E-state index in [1.165, 1.54) is 0 Å². The Morgan fingerprint density at radius 2 is 1.95 bits per heavy atom. The molecule has 1 aromatic rings. The van der Waals surface area contributed by atoms with Crippen LogP contribution in [0.2, 0.25) is 0 Å². The number of benzene rings is 1. The molecule has 1 aromatic carbocycles. The minimum absolute atomic E-state index is 0.0508. The summed E-state index contributed by atoms with van der Waals surface area (Å²) in [6.07, 6.45) is 0.662. The summed E-state index contributed by atoms with van der Waals surface area (Å²) in [4.78, 5) is 25.3. The number of halogens is 1. The van der Waals surface area contributed by atoms with Gasteiger partial charge in [0.2, 0.25) is 0 Å². The molecule has 2 atom stereocenters. The zero-order valence-corrected chi connectivity index (χ0v) is 11.9. The fourth-order valence-corrected chi connectivity index (χ4v) is 3.51. The van der Waals surface area contributed by atoms with Crippen LogP contribution in [-0.4, -0.2) is 48.2 Å². The number of nitrogens with zero attached hydrogens (tertiary/aromatic N) is 1. The van der Waals surface area contributed by atoms with E-state index in [0.29, 0.717) is 24.1 Å². The SMILES string of the molecule is O=C(c1ccc(C2(F)COC2)cc1)N1C[C@H]2C[C@@]2(C(=O)O)C1. The molecule has 0 radical (unpaired) electrons. The highest BCUT2D eigenvalue weighted by Crippen LogP contribution is 2.58. The number of piperidine rings is 1. The summed E-state index contributed by atoms with van der Waals surface area (Å²) < 4.78 is 19.1. The number of aliphatic carboxylic acids is 1. The molecule has 0 aromatic heterocycles. The number of carboxylic acid groups (broad SMARTS) is 1. The van der Waals surface area contributed by atoms with Gasteiger partial charge in [0.15, 0.2) is 5.67 Å². The van der Waals surface area contributed by atoms with E-state index in [1.807, 2.05) is 0 Å². The number of carbonyl (C=O) groups is 2. The molecule has 4 rings (SSSR count). The van der Waals surface area contributed by atoms with Crippen LogP contribution in [0.5, 0.6) is 0 Å². The highest BCUT2D eigenvalue weighted by molar-refractivity contribution is 5.95. The van der Waals surface area contributed by atoms with E-state index in [0.717, 1.165) is 0 Å². The Hall–Kier alpha value is -1.95. The summed E-state index contributed by atoms with van der Waals surface area (Å²) in [5.41, 5.74) is -1.18. The van der Waals surface area contributed by atoms with E-state index in [9.17, 15) is 19.1 Å². The van der Waals surface area contributed by atoms with Crippen LogP contribution >= 0.6 is 0 Å². The van der Waals surface area contributed by atoms with Gasteiger partial charge in [-0.25, -0.2) is 4.39 Å². The van der Waals surface area contributed by atoms with Crippen molar-refractivity contribution in [3.63, 3.8) is 0 Å². The lowest BCUT2D eigenvalue weighted by Gasteiger charge is -2.34. The Balaban J connectivity index is 1.49. The molecule has 6 heteroatoms. The maximum Gasteiger partial charge on any atom is 0.311 e. The number of hydrogen-bond donors (Lipinski definition) is 1. The number of ether oxygens (including phenoxy) is 1. The quantitative estimate of drug-likeness (QED) is 0.917. The molecule has 1 aliphatic carbocycles. The maximum atomic E-state index is 14.2. The topological polar surface area (TPSA) is 66.8 Å². The van der Waals surface area contributed by atoms with Crippen LogP contribution in [0.1, 0.15) is 22.3 Å². The van der Waals surface area contributed by atoms with Crippen LogP contribution in [0.4, 0.5) is 4.39 Å². The van der Waals surface area contributed by atoms with Crippen molar-refractivity contribution in [2.45, 2.75) is 12.1 Å². The molecule has 0 unspecified atom stereocenters. The van der Waals surface area contributed by atoms with Gasteiger partial charge < -0.3 is 14.7 Å². The third kappa shape index (κ3) is 1.80. The molecule has 2 saturated heterocycles. The molecular formula is C16H16FNO4. The van der Waals surface area contributed by atoms with Gasteiger partial charge >= 0.3 is 5.97 Å². The second-order valence-corrected chi connectivity index (χ2v) is 6.58. The molecule has 22 heavy (non-hydrogen) atoms. The third-order valence-electron chi connectivity index (χ3n) is 5.17. The zero-order chi connectivity index (χ0) is 15.5. The largest absolute Gasteiger partial charge is 0.481 e. The van der Waals surface area contributed by atoms with Crippen molar-refractivity contribution in [1.29, 1.82) is 0 Å². The lowest BCUT2D eigenvalue weighted by atomic mass is 9.93. The van der Waals surface area contributed by atoms with Gasteiger partial charge in [-0.1, -0.05) is 12.1 Å². The number of hydrogen-bond acceptors (Lipinski definition) is 3. The number of carbonyl (C=O) groups excluding carboxylic acids is 1. The molecule has 116 valence electrons. The highest BCUT2D eigenvalue weighted by Gasteiger charge is 2.66. The van der Waals surface area contributed by atoms with Gasteiger partial charge in [-0.15, -0.1) is 0 Å². The summed E-state index contributed by atoms with van der Waals surface area (Å²) in [6.45, 7) is 0.868. The van der Waals surface area contributed by atoms with Crippen molar-refractivity contribution in [2.75, 3.05) is 26.3 Å². The van der Waals surface area contributed by atoms with Crippen LogP contribution < -0.4 is 0 Å². The van der Waals surface area contributed by atoms with Crippen molar-refractivity contribution in [3.8, 4) is 0 Å². The Morgan fingerprint density at radius 1 is 1.27 bits per heavy atom. The molecule has 1 amide bonds. The minimum Gasteiger partial charge on any atom is -0.481 e. The van der Waals surface area contributed by atoms with Crippen molar-refractivity contribution in [2.24, 2.45) is 11.3 Å². The fraction of sp³-hybridized carbons (Fsp3) is 0.500. The Bertz CT molecular complexity index is 655. The zero-order valence-electron chi connectivity index (χ0n) is 11.9. The van der Waals surface area contributed by atoms with E-state index >= 15 is 0 Å². The normalized spacial score (nSPS) is 31.3. The van der Waals surface area contributed by atoms with E-state index < -0.39 is 17.1 Å². The third-order valence-corrected chi connectivity index (χ3v) is 5.17. The van der Waals surface area contributed by atoms with Crippen molar-refractivity contribution in [1.82, 2.24) is 4.90 Å². The summed E-state index contributed by atoms with van der Waals surface area (Å²) in [7, 11) is 0. The standard InChI is InChI=1S/C16H16FNO4/c17-16(8-22-9-16)11-3-1-10(2-4-11)13(19)18-6-12-5-15(12,7-18)14(20)21/h1-4,12H,5-9H2,(H,20,21)/t12-,15-/m1/s1. The monoisotopic (exact) mass is 305 g/mol. The summed E-state index contributed by atoms with van der Waals surface area (Å²) >= 11 is 0. The van der Waals surface area contributed by atoms with Crippen LogP contribution in [0.15, 0.2) is 24.3 Å². The average Bonchev–Trinajstić information content (AvgIpc) is 3.07. The average molecular weight is 305 g/mol.